The molecular weight excluding hydrogens is 204 g/mol. The molecule has 0 atom stereocenters. The number of benzene rings is 1. The minimum Gasteiger partial charge on any atom is -0.507 e. The molecule has 0 radical (unpaired) electrons. The molecule has 1 aromatic heterocycles. The van der Waals surface area contributed by atoms with Crippen LogP contribution in [0.1, 0.15) is 26.3 Å². The van der Waals surface area contributed by atoms with Crippen LogP contribution in [0.5, 0.6) is 5.75 Å². The van der Waals surface area contributed by atoms with Gasteiger partial charge in [0.15, 0.2) is 0 Å². The predicted molar refractivity (Wildman–Crippen MR) is 62.8 cm³/mol. The first kappa shape index (κ1) is 10.7. The summed E-state index contributed by atoms with van der Waals surface area (Å²) in [7, 11) is 0. The minimum absolute atomic E-state index is 0.0157. The summed E-state index contributed by atoms with van der Waals surface area (Å²) in [6.45, 7) is 6.24. The van der Waals surface area contributed by atoms with Crippen molar-refractivity contribution >= 4 is 11.0 Å². The monoisotopic (exact) mass is 218 g/mol. The molecule has 2 aromatic rings. The summed E-state index contributed by atoms with van der Waals surface area (Å²) in [6.07, 6.45) is 0. The van der Waals surface area contributed by atoms with Gasteiger partial charge in [-0.05, 0) is 23.1 Å². The zero-order valence-corrected chi connectivity index (χ0v) is 9.57. The molecule has 0 spiro atoms. The molecule has 0 aliphatic carbocycles. The Labute approximate surface area is 93.3 Å². The van der Waals surface area contributed by atoms with Crippen LogP contribution < -0.4 is 5.63 Å². The van der Waals surface area contributed by atoms with Crippen molar-refractivity contribution in [3.05, 3.63) is 40.2 Å². The lowest BCUT2D eigenvalue weighted by molar-refractivity contribution is 0.467. The maximum absolute atomic E-state index is 11.1. The topological polar surface area (TPSA) is 50.4 Å². The van der Waals surface area contributed by atoms with Gasteiger partial charge in [-0.2, -0.15) is 0 Å². The summed E-state index contributed by atoms with van der Waals surface area (Å²) in [5.41, 5.74) is 0.945. The van der Waals surface area contributed by atoms with Crippen molar-refractivity contribution in [2.75, 3.05) is 0 Å². The van der Waals surface area contributed by atoms with Crippen LogP contribution in [0.4, 0.5) is 0 Å². The largest absolute Gasteiger partial charge is 0.507 e. The number of aromatic hydroxyl groups is 1. The van der Waals surface area contributed by atoms with E-state index in [0.29, 0.717) is 11.0 Å². The van der Waals surface area contributed by atoms with Gasteiger partial charge in [-0.15, -0.1) is 0 Å². The van der Waals surface area contributed by atoms with E-state index in [-0.39, 0.29) is 11.2 Å². The second-order valence-electron chi connectivity index (χ2n) is 4.91. The molecule has 0 bridgehead atoms. The number of hydrogen-bond acceptors (Lipinski definition) is 3. The van der Waals surface area contributed by atoms with Crippen molar-refractivity contribution in [3.63, 3.8) is 0 Å². The van der Waals surface area contributed by atoms with E-state index in [1.165, 1.54) is 0 Å². The summed E-state index contributed by atoms with van der Waals surface area (Å²) in [5, 5.41) is 10.1. The molecule has 1 aromatic carbocycles. The fourth-order valence-corrected chi connectivity index (χ4v) is 1.61. The number of rotatable bonds is 0. The molecule has 0 fully saturated rings. The van der Waals surface area contributed by atoms with Crippen LogP contribution in [0.3, 0.4) is 0 Å². The average Bonchev–Trinajstić information content (AvgIpc) is 2.15. The van der Waals surface area contributed by atoms with Crippen molar-refractivity contribution < 1.29 is 9.52 Å². The first-order valence-corrected chi connectivity index (χ1v) is 5.15. The highest BCUT2D eigenvalue weighted by Gasteiger charge is 2.15. The van der Waals surface area contributed by atoms with Gasteiger partial charge in [0.25, 0.3) is 0 Å². The molecule has 0 aliphatic heterocycles. The SMILES string of the molecule is CC(C)(C)c1ccc2c(O)cc(=O)oc2c1. The van der Waals surface area contributed by atoms with Crippen LogP contribution in [-0.2, 0) is 5.41 Å². The fourth-order valence-electron chi connectivity index (χ4n) is 1.61. The van der Waals surface area contributed by atoms with Gasteiger partial charge in [0, 0.05) is 0 Å². The predicted octanol–water partition coefficient (Wildman–Crippen LogP) is 2.80. The molecule has 1 heterocycles. The molecular formula is C13H14O3. The lowest BCUT2D eigenvalue weighted by Crippen LogP contribution is -2.10. The van der Waals surface area contributed by atoms with Crippen LogP contribution in [0, 0.1) is 0 Å². The van der Waals surface area contributed by atoms with E-state index < -0.39 is 5.63 Å². The fraction of sp³-hybridized carbons (Fsp3) is 0.308. The molecule has 3 nitrogen and oxygen atoms in total. The van der Waals surface area contributed by atoms with Gasteiger partial charge in [0.1, 0.15) is 11.3 Å². The number of hydrogen-bond donors (Lipinski definition) is 1. The summed E-state index contributed by atoms with van der Waals surface area (Å²) in [5.74, 6) is -0.0355. The molecule has 3 heteroatoms. The third kappa shape index (κ3) is 1.81. The third-order valence-electron chi connectivity index (χ3n) is 2.59. The van der Waals surface area contributed by atoms with Gasteiger partial charge in [-0.1, -0.05) is 26.8 Å². The van der Waals surface area contributed by atoms with E-state index in [2.05, 4.69) is 20.8 Å². The second kappa shape index (κ2) is 3.37. The van der Waals surface area contributed by atoms with E-state index >= 15 is 0 Å². The zero-order chi connectivity index (χ0) is 11.9. The van der Waals surface area contributed by atoms with Crippen LogP contribution in [0.25, 0.3) is 11.0 Å². The van der Waals surface area contributed by atoms with Gasteiger partial charge in [0.2, 0.25) is 0 Å². The summed E-state index contributed by atoms with van der Waals surface area (Å²) >= 11 is 0. The molecule has 2 rings (SSSR count). The van der Waals surface area contributed by atoms with Crippen molar-refractivity contribution in [1.82, 2.24) is 0 Å². The first-order valence-electron chi connectivity index (χ1n) is 5.15. The Kier molecular flexibility index (Phi) is 2.26. The molecule has 0 amide bonds. The maximum atomic E-state index is 11.1. The molecule has 0 saturated heterocycles. The van der Waals surface area contributed by atoms with Gasteiger partial charge in [-0.25, -0.2) is 4.79 Å². The third-order valence-corrected chi connectivity index (χ3v) is 2.59. The molecule has 84 valence electrons. The Hall–Kier alpha value is -1.77. The Morgan fingerprint density at radius 3 is 2.50 bits per heavy atom. The van der Waals surface area contributed by atoms with Gasteiger partial charge in [0.05, 0.1) is 11.5 Å². The Morgan fingerprint density at radius 1 is 1.19 bits per heavy atom. The maximum Gasteiger partial charge on any atom is 0.339 e. The second-order valence-corrected chi connectivity index (χ2v) is 4.91. The Balaban J connectivity index is 2.76. The molecule has 1 N–H and O–H groups in total. The van der Waals surface area contributed by atoms with Gasteiger partial charge in [-0.3, -0.25) is 0 Å². The van der Waals surface area contributed by atoms with Crippen molar-refractivity contribution in [2.24, 2.45) is 0 Å². The summed E-state index contributed by atoms with van der Waals surface area (Å²) in [6, 6.07) is 6.59. The standard InChI is InChI=1S/C13H14O3/c1-13(2,3)8-4-5-9-10(14)7-12(15)16-11(9)6-8/h4-7,14H,1-3H3. The first-order chi connectivity index (χ1) is 7.38. The zero-order valence-electron chi connectivity index (χ0n) is 9.57. The highest BCUT2D eigenvalue weighted by molar-refractivity contribution is 5.83. The van der Waals surface area contributed by atoms with Crippen molar-refractivity contribution in [2.45, 2.75) is 26.2 Å². The molecule has 0 aliphatic rings. The molecule has 0 saturated carbocycles. The highest BCUT2D eigenvalue weighted by atomic mass is 16.4. The van der Waals surface area contributed by atoms with E-state index in [4.69, 9.17) is 4.42 Å². The smallest absolute Gasteiger partial charge is 0.339 e. The quantitative estimate of drug-likeness (QED) is 0.692. The number of fused-ring (bicyclic) bond motifs is 1. The van der Waals surface area contributed by atoms with E-state index in [1.54, 1.807) is 12.1 Å². The summed E-state index contributed by atoms with van der Waals surface area (Å²) < 4.78 is 5.06. The van der Waals surface area contributed by atoms with Crippen LogP contribution >= 0.6 is 0 Å². The van der Waals surface area contributed by atoms with E-state index in [9.17, 15) is 9.90 Å². The highest BCUT2D eigenvalue weighted by Crippen LogP contribution is 2.28. The van der Waals surface area contributed by atoms with Crippen LogP contribution in [0.15, 0.2) is 33.5 Å². The molecule has 0 unspecified atom stereocenters. The van der Waals surface area contributed by atoms with Gasteiger partial charge >= 0.3 is 5.63 Å². The lowest BCUT2D eigenvalue weighted by Gasteiger charge is -2.18. The minimum atomic E-state index is -0.531. The Bertz CT molecular complexity index is 588. The van der Waals surface area contributed by atoms with Crippen LogP contribution in [0.2, 0.25) is 0 Å². The normalized spacial score (nSPS) is 11.9. The lowest BCUT2D eigenvalue weighted by atomic mass is 9.87. The van der Waals surface area contributed by atoms with Crippen LogP contribution in [-0.4, -0.2) is 5.11 Å². The van der Waals surface area contributed by atoms with E-state index in [0.717, 1.165) is 11.6 Å². The summed E-state index contributed by atoms with van der Waals surface area (Å²) in [4.78, 5) is 11.1. The van der Waals surface area contributed by atoms with E-state index in [1.807, 2.05) is 6.07 Å². The van der Waals surface area contributed by atoms with Crippen molar-refractivity contribution in [1.29, 1.82) is 0 Å². The Morgan fingerprint density at radius 2 is 1.88 bits per heavy atom. The average molecular weight is 218 g/mol. The van der Waals surface area contributed by atoms with Crippen molar-refractivity contribution in [3.8, 4) is 5.75 Å². The van der Waals surface area contributed by atoms with Gasteiger partial charge < -0.3 is 9.52 Å². The molecule has 16 heavy (non-hydrogen) atoms.